The van der Waals surface area contributed by atoms with Gasteiger partial charge in [-0.05, 0) is 19.1 Å². The Labute approximate surface area is 100 Å². The van der Waals surface area contributed by atoms with Crippen LogP contribution in [0.3, 0.4) is 0 Å². The highest BCUT2D eigenvalue weighted by Crippen LogP contribution is 2.29. The zero-order valence-electron chi connectivity index (χ0n) is 8.27. The molecule has 0 spiro atoms. The molecule has 2 rings (SSSR count). The van der Waals surface area contributed by atoms with Crippen molar-refractivity contribution >= 4 is 28.9 Å². The highest BCUT2D eigenvalue weighted by molar-refractivity contribution is 7.19. The minimum absolute atomic E-state index is 0.152. The van der Waals surface area contributed by atoms with Crippen molar-refractivity contribution in [3.63, 3.8) is 0 Å². The third kappa shape index (κ3) is 2.23. The van der Waals surface area contributed by atoms with Gasteiger partial charge in [-0.25, -0.2) is 4.79 Å². The lowest BCUT2D eigenvalue weighted by Crippen LogP contribution is -2.04. The first kappa shape index (κ1) is 11.1. The molecule has 0 radical (unpaired) electrons. The van der Waals surface area contributed by atoms with Crippen LogP contribution in [0.2, 0.25) is 4.34 Å². The highest BCUT2D eigenvalue weighted by atomic mass is 35.5. The van der Waals surface area contributed by atoms with Gasteiger partial charge in [0.2, 0.25) is 0 Å². The van der Waals surface area contributed by atoms with E-state index in [2.05, 4.69) is 10.2 Å². The third-order valence-corrected chi connectivity index (χ3v) is 2.88. The van der Waals surface area contributed by atoms with Crippen molar-refractivity contribution in [1.29, 1.82) is 0 Å². The van der Waals surface area contributed by atoms with E-state index in [1.807, 2.05) is 0 Å². The van der Waals surface area contributed by atoms with E-state index in [9.17, 15) is 4.79 Å². The second-order valence-electron chi connectivity index (χ2n) is 2.74. The van der Waals surface area contributed by atoms with Gasteiger partial charge in [-0.1, -0.05) is 11.6 Å². The molecule has 7 heteroatoms. The standard InChI is InChI=1S/C9H7ClN2O3S/c1-2-14-9(13)8-12-11-7(15-8)5-3-4-6(10)16-5/h3-4H,2H2,1H3. The molecule has 0 unspecified atom stereocenters. The summed E-state index contributed by atoms with van der Waals surface area (Å²) in [5.74, 6) is -0.509. The number of rotatable bonds is 3. The summed E-state index contributed by atoms with van der Waals surface area (Å²) in [6, 6.07) is 3.46. The molecule has 0 saturated carbocycles. The first-order valence-corrected chi connectivity index (χ1v) is 5.66. The molecule has 2 aromatic heterocycles. The summed E-state index contributed by atoms with van der Waals surface area (Å²) in [4.78, 5) is 12.0. The molecular weight excluding hydrogens is 252 g/mol. The summed E-state index contributed by atoms with van der Waals surface area (Å²) in [5, 5.41) is 7.33. The Kier molecular flexibility index (Phi) is 3.21. The molecule has 5 nitrogen and oxygen atoms in total. The summed E-state index contributed by atoms with van der Waals surface area (Å²) < 4.78 is 10.5. The van der Waals surface area contributed by atoms with Crippen molar-refractivity contribution in [2.24, 2.45) is 0 Å². The maximum Gasteiger partial charge on any atom is 0.396 e. The summed E-state index contributed by atoms with van der Waals surface area (Å²) in [6.07, 6.45) is 0. The van der Waals surface area contributed by atoms with Crippen LogP contribution in [-0.4, -0.2) is 22.8 Å². The van der Waals surface area contributed by atoms with Crippen molar-refractivity contribution in [3.05, 3.63) is 22.4 Å². The van der Waals surface area contributed by atoms with Crippen molar-refractivity contribution < 1.29 is 13.9 Å². The van der Waals surface area contributed by atoms with Crippen LogP contribution < -0.4 is 0 Å². The average Bonchev–Trinajstić information content (AvgIpc) is 2.85. The largest absolute Gasteiger partial charge is 0.459 e. The lowest BCUT2D eigenvalue weighted by atomic mass is 10.5. The average molecular weight is 259 g/mol. The first-order valence-electron chi connectivity index (χ1n) is 4.47. The molecule has 0 aromatic carbocycles. The maximum absolute atomic E-state index is 11.3. The molecule has 0 atom stereocenters. The van der Waals surface area contributed by atoms with E-state index in [1.54, 1.807) is 19.1 Å². The Bertz CT molecular complexity index is 508. The SMILES string of the molecule is CCOC(=O)c1nnc(-c2ccc(Cl)s2)o1. The Morgan fingerprint density at radius 2 is 2.38 bits per heavy atom. The van der Waals surface area contributed by atoms with E-state index in [-0.39, 0.29) is 18.4 Å². The Balaban J connectivity index is 2.22. The van der Waals surface area contributed by atoms with Gasteiger partial charge in [0.15, 0.2) is 0 Å². The molecule has 0 aliphatic rings. The minimum Gasteiger partial charge on any atom is -0.459 e. The number of aromatic nitrogens is 2. The van der Waals surface area contributed by atoms with Crippen LogP contribution in [0.25, 0.3) is 10.8 Å². The van der Waals surface area contributed by atoms with E-state index in [0.29, 0.717) is 9.21 Å². The zero-order valence-corrected chi connectivity index (χ0v) is 9.84. The molecule has 16 heavy (non-hydrogen) atoms. The second kappa shape index (κ2) is 4.63. The molecule has 0 aliphatic carbocycles. The molecule has 0 N–H and O–H groups in total. The number of thiophene rings is 1. The van der Waals surface area contributed by atoms with E-state index in [1.165, 1.54) is 11.3 Å². The number of hydrogen-bond acceptors (Lipinski definition) is 6. The molecule has 84 valence electrons. The minimum atomic E-state index is -0.621. The van der Waals surface area contributed by atoms with Crippen molar-refractivity contribution in [1.82, 2.24) is 10.2 Å². The number of halogens is 1. The highest BCUT2D eigenvalue weighted by Gasteiger charge is 2.17. The van der Waals surface area contributed by atoms with Gasteiger partial charge in [0, 0.05) is 0 Å². The second-order valence-corrected chi connectivity index (χ2v) is 4.45. The molecule has 0 amide bonds. The van der Waals surface area contributed by atoms with E-state index in [0.717, 1.165) is 0 Å². The predicted octanol–water partition coefficient (Wildman–Crippen LogP) is 2.63. The van der Waals surface area contributed by atoms with Gasteiger partial charge in [0.05, 0.1) is 15.8 Å². The molecular formula is C9H7ClN2O3S. The molecule has 0 saturated heterocycles. The van der Waals surface area contributed by atoms with Gasteiger partial charge in [-0.3, -0.25) is 0 Å². The molecule has 2 aromatic rings. The Morgan fingerprint density at radius 1 is 1.56 bits per heavy atom. The zero-order chi connectivity index (χ0) is 11.5. The molecule has 2 heterocycles. The summed E-state index contributed by atoms with van der Waals surface area (Å²) in [7, 11) is 0. The van der Waals surface area contributed by atoms with Crippen LogP contribution >= 0.6 is 22.9 Å². The number of esters is 1. The van der Waals surface area contributed by atoms with Gasteiger partial charge in [-0.2, -0.15) is 0 Å². The van der Waals surface area contributed by atoms with E-state index in [4.69, 9.17) is 20.8 Å². The van der Waals surface area contributed by atoms with Crippen LogP contribution in [0, 0.1) is 0 Å². The lowest BCUT2D eigenvalue weighted by Gasteiger charge is -1.93. The van der Waals surface area contributed by atoms with Crippen molar-refractivity contribution in [2.75, 3.05) is 6.61 Å². The lowest BCUT2D eigenvalue weighted by molar-refractivity contribution is 0.0481. The van der Waals surface area contributed by atoms with Gasteiger partial charge in [0.1, 0.15) is 0 Å². The number of nitrogens with zero attached hydrogens (tertiary/aromatic N) is 2. The molecule has 0 bridgehead atoms. The van der Waals surface area contributed by atoms with Crippen LogP contribution in [0.1, 0.15) is 17.6 Å². The smallest absolute Gasteiger partial charge is 0.396 e. The summed E-state index contributed by atoms with van der Waals surface area (Å²) in [5.41, 5.74) is 0. The maximum atomic E-state index is 11.3. The number of carbonyl (C=O) groups excluding carboxylic acids is 1. The Hall–Kier alpha value is -1.40. The van der Waals surface area contributed by atoms with Gasteiger partial charge in [0.25, 0.3) is 5.89 Å². The van der Waals surface area contributed by atoms with Crippen LogP contribution in [-0.2, 0) is 4.74 Å². The van der Waals surface area contributed by atoms with Gasteiger partial charge in [-0.15, -0.1) is 21.5 Å². The molecule has 0 fully saturated rings. The van der Waals surface area contributed by atoms with E-state index < -0.39 is 5.97 Å². The fraction of sp³-hybridized carbons (Fsp3) is 0.222. The Morgan fingerprint density at radius 3 is 3.00 bits per heavy atom. The van der Waals surface area contributed by atoms with Crippen LogP contribution in [0.4, 0.5) is 0 Å². The summed E-state index contributed by atoms with van der Waals surface area (Å²) in [6.45, 7) is 1.97. The van der Waals surface area contributed by atoms with Crippen molar-refractivity contribution in [3.8, 4) is 10.8 Å². The normalized spacial score (nSPS) is 10.4. The number of carbonyl (C=O) groups is 1. The third-order valence-electron chi connectivity index (χ3n) is 1.66. The first-order chi connectivity index (χ1) is 7.70. The quantitative estimate of drug-likeness (QED) is 0.792. The van der Waals surface area contributed by atoms with Crippen LogP contribution in [0.15, 0.2) is 16.5 Å². The van der Waals surface area contributed by atoms with Crippen LogP contribution in [0.5, 0.6) is 0 Å². The fourth-order valence-electron chi connectivity index (χ4n) is 1.03. The number of hydrogen-bond donors (Lipinski definition) is 0. The van der Waals surface area contributed by atoms with Gasteiger partial charge >= 0.3 is 11.9 Å². The topological polar surface area (TPSA) is 65.2 Å². The monoisotopic (exact) mass is 258 g/mol. The van der Waals surface area contributed by atoms with E-state index >= 15 is 0 Å². The fourth-order valence-corrected chi connectivity index (χ4v) is 1.99. The molecule has 0 aliphatic heterocycles. The van der Waals surface area contributed by atoms with Gasteiger partial charge < -0.3 is 9.15 Å². The van der Waals surface area contributed by atoms with Crippen molar-refractivity contribution in [2.45, 2.75) is 6.92 Å². The predicted molar refractivity (Wildman–Crippen MR) is 58.6 cm³/mol. The summed E-state index contributed by atoms with van der Waals surface area (Å²) >= 11 is 7.06. The number of ether oxygens (including phenoxy) is 1.